The molecule has 0 aliphatic carbocycles. The Morgan fingerprint density at radius 3 is 2.26 bits per heavy atom. The van der Waals surface area contributed by atoms with E-state index in [0.29, 0.717) is 50.2 Å². The highest BCUT2D eigenvalue weighted by atomic mass is 32.2. The maximum Gasteiger partial charge on any atom is 0.422 e. The zero-order chi connectivity index (χ0) is 35.6. The minimum atomic E-state index is -4.40. The van der Waals surface area contributed by atoms with Gasteiger partial charge in [0.25, 0.3) is 15.9 Å². The number of sulfonamides is 1. The van der Waals surface area contributed by atoms with Crippen LogP contribution < -0.4 is 14.2 Å². The van der Waals surface area contributed by atoms with E-state index in [1.165, 1.54) is 30.5 Å². The number of aromatic nitrogens is 2. The summed E-state index contributed by atoms with van der Waals surface area (Å²) in [4.78, 5) is 21.2. The second-order valence-corrected chi connectivity index (χ2v) is 13.3. The molecule has 3 aromatic carbocycles. The lowest BCUT2D eigenvalue weighted by Gasteiger charge is -2.34. The van der Waals surface area contributed by atoms with Gasteiger partial charge in [-0.1, -0.05) is 12.1 Å². The molecule has 0 unspecified atom stereocenters. The molecule has 16 heteroatoms. The van der Waals surface area contributed by atoms with Gasteiger partial charge in [-0.15, -0.1) is 0 Å². The van der Waals surface area contributed by atoms with E-state index in [1.54, 1.807) is 40.8 Å². The first kappa shape index (κ1) is 34.6. The number of amides is 1. The van der Waals surface area contributed by atoms with Crippen molar-refractivity contribution in [3.8, 4) is 17.4 Å². The number of carbonyl (C=O) groups is 1. The Kier molecular flexibility index (Phi) is 9.67. The Morgan fingerprint density at radius 1 is 0.880 bits per heavy atom. The minimum absolute atomic E-state index is 0.0797. The molecule has 3 heterocycles. The Morgan fingerprint density at radius 2 is 1.60 bits per heavy atom. The molecule has 1 saturated heterocycles. The van der Waals surface area contributed by atoms with Gasteiger partial charge in [-0.25, -0.2) is 22.2 Å². The maximum atomic E-state index is 13.5. The van der Waals surface area contributed by atoms with Gasteiger partial charge in [0.1, 0.15) is 17.2 Å². The molecule has 5 aromatic rings. The van der Waals surface area contributed by atoms with Crippen molar-refractivity contribution in [3.63, 3.8) is 0 Å². The van der Waals surface area contributed by atoms with Crippen LogP contribution in [-0.2, 0) is 23.6 Å². The molecule has 1 amide bonds. The number of hydrogen-bond donors (Lipinski definition) is 1. The lowest BCUT2D eigenvalue weighted by atomic mass is 10.2. The molecule has 262 valence electrons. The lowest BCUT2D eigenvalue weighted by molar-refractivity contribution is -0.153. The van der Waals surface area contributed by atoms with E-state index in [0.717, 1.165) is 28.6 Å². The van der Waals surface area contributed by atoms with Crippen molar-refractivity contribution in [1.82, 2.24) is 19.4 Å². The van der Waals surface area contributed by atoms with Gasteiger partial charge in [0.15, 0.2) is 18.2 Å². The Labute approximate surface area is 283 Å². The second-order valence-electron chi connectivity index (χ2n) is 11.6. The summed E-state index contributed by atoms with van der Waals surface area (Å²) in [7, 11) is -2.41. The summed E-state index contributed by atoms with van der Waals surface area (Å²) in [5.74, 6) is -1.84. The molecule has 0 atom stereocenters. The quantitative estimate of drug-likeness (QED) is 0.168. The molecule has 50 heavy (non-hydrogen) atoms. The van der Waals surface area contributed by atoms with Crippen LogP contribution in [0.25, 0.3) is 10.9 Å². The van der Waals surface area contributed by atoms with Crippen LogP contribution >= 0.6 is 0 Å². The molecule has 0 radical (unpaired) electrons. The van der Waals surface area contributed by atoms with Crippen molar-refractivity contribution in [2.24, 2.45) is 7.05 Å². The van der Waals surface area contributed by atoms with Crippen LogP contribution in [0.1, 0.15) is 16.1 Å². The van der Waals surface area contributed by atoms with Gasteiger partial charge < -0.3 is 18.9 Å². The molecule has 6 rings (SSSR count). The van der Waals surface area contributed by atoms with Crippen molar-refractivity contribution in [2.75, 3.05) is 37.5 Å². The fourth-order valence-electron chi connectivity index (χ4n) is 5.44. The maximum absolute atomic E-state index is 13.5. The van der Waals surface area contributed by atoms with Crippen LogP contribution in [0.15, 0.2) is 90.0 Å². The summed E-state index contributed by atoms with van der Waals surface area (Å²) in [5.41, 5.74) is 2.24. The number of anilines is 1. The van der Waals surface area contributed by atoms with Crippen LogP contribution in [0.3, 0.4) is 0 Å². The average molecular weight is 716 g/mol. The molecule has 10 nitrogen and oxygen atoms in total. The molecule has 2 aromatic heterocycles. The van der Waals surface area contributed by atoms with Crippen molar-refractivity contribution < 1.29 is 44.6 Å². The van der Waals surface area contributed by atoms with Crippen LogP contribution in [0.5, 0.6) is 17.4 Å². The summed E-state index contributed by atoms with van der Waals surface area (Å²) < 4.78 is 104. The van der Waals surface area contributed by atoms with Crippen LogP contribution in [-0.4, -0.2) is 72.6 Å². The summed E-state index contributed by atoms with van der Waals surface area (Å²) in [6.07, 6.45) is -3.18. The van der Waals surface area contributed by atoms with E-state index in [1.807, 2.05) is 12.1 Å². The topological polar surface area (TPSA) is 106 Å². The van der Waals surface area contributed by atoms with E-state index in [4.69, 9.17) is 9.47 Å². The Hall–Kier alpha value is -5.22. The van der Waals surface area contributed by atoms with Gasteiger partial charge in [-0.2, -0.15) is 13.2 Å². The number of ether oxygens (including phenoxy) is 2. The largest absolute Gasteiger partial charge is 0.484 e. The standard InChI is InChI=1S/C34H30F5N5O5S/c1-42-30-17-26(49-32-11-5-24(19-40-32)41-50(46,47)27-9-10-28(35)29(36)18-27)8-4-23(30)16-31(42)33(45)44-14-12-43(13-15-44)20-22-2-6-25(7-3-22)48-21-34(37,38)39/h2-11,16-19,41H,12-15,20-21H2,1H3. The van der Waals surface area contributed by atoms with E-state index in [2.05, 4.69) is 14.6 Å². The third-order valence-electron chi connectivity index (χ3n) is 8.04. The number of nitrogens with one attached hydrogen (secondary N) is 1. The summed E-state index contributed by atoms with van der Waals surface area (Å²) in [5, 5.41) is 0.819. The summed E-state index contributed by atoms with van der Waals surface area (Å²) in [6.45, 7) is 1.49. The number of carbonyl (C=O) groups excluding carboxylic acids is 1. The first-order chi connectivity index (χ1) is 23.7. The van der Waals surface area contributed by atoms with Crippen LogP contribution in [0, 0.1) is 11.6 Å². The van der Waals surface area contributed by atoms with Gasteiger partial charge in [0, 0.05) is 57.3 Å². The molecular formula is C34H30F5N5O5S. The first-order valence-corrected chi connectivity index (χ1v) is 16.7. The molecule has 0 saturated carbocycles. The van der Waals surface area contributed by atoms with E-state index >= 15 is 0 Å². The SMILES string of the molecule is Cn1c(C(=O)N2CCN(Cc3ccc(OCC(F)(F)F)cc3)CC2)cc2ccc(Oc3ccc(NS(=O)(=O)c4ccc(F)c(F)c4)cn3)cc21. The van der Waals surface area contributed by atoms with E-state index in [-0.39, 0.29) is 23.2 Å². The van der Waals surface area contributed by atoms with Crippen molar-refractivity contribution in [2.45, 2.75) is 17.6 Å². The minimum Gasteiger partial charge on any atom is -0.484 e. The number of hydrogen-bond acceptors (Lipinski definition) is 7. The number of benzene rings is 3. The van der Waals surface area contributed by atoms with Gasteiger partial charge in [0.05, 0.1) is 22.3 Å². The normalized spacial score (nSPS) is 14.2. The van der Waals surface area contributed by atoms with Crippen molar-refractivity contribution in [3.05, 3.63) is 108 Å². The van der Waals surface area contributed by atoms with Gasteiger partial charge in [0.2, 0.25) is 5.88 Å². The van der Waals surface area contributed by atoms with Gasteiger partial charge in [-0.3, -0.25) is 14.4 Å². The zero-order valence-corrected chi connectivity index (χ0v) is 27.3. The molecule has 1 N–H and O–H groups in total. The van der Waals surface area contributed by atoms with E-state index < -0.39 is 39.3 Å². The van der Waals surface area contributed by atoms with Crippen molar-refractivity contribution in [1.29, 1.82) is 0 Å². The number of rotatable bonds is 10. The van der Waals surface area contributed by atoms with Crippen LogP contribution in [0.2, 0.25) is 0 Å². The highest BCUT2D eigenvalue weighted by Crippen LogP contribution is 2.29. The summed E-state index contributed by atoms with van der Waals surface area (Å²) >= 11 is 0. The number of halogens is 5. The summed E-state index contributed by atoms with van der Waals surface area (Å²) in [6, 6.07) is 18.7. The predicted molar refractivity (Wildman–Crippen MR) is 174 cm³/mol. The lowest BCUT2D eigenvalue weighted by Crippen LogP contribution is -2.48. The number of piperazine rings is 1. The number of alkyl halides is 3. The first-order valence-electron chi connectivity index (χ1n) is 15.3. The van der Waals surface area contributed by atoms with Gasteiger partial charge in [-0.05, 0) is 60.2 Å². The van der Waals surface area contributed by atoms with Crippen molar-refractivity contribution >= 4 is 32.5 Å². The number of nitrogens with zero attached hydrogens (tertiary/aromatic N) is 4. The fourth-order valence-corrected chi connectivity index (χ4v) is 6.50. The Balaban J connectivity index is 1.04. The smallest absolute Gasteiger partial charge is 0.422 e. The number of fused-ring (bicyclic) bond motifs is 1. The highest BCUT2D eigenvalue weighted by Gasteiger charge is 2.28. The Bertz CT molecular complexity index is 2120. The van der Waals surface area contributed by atoms with E-state index in [9.17, 15) is 35.2 Å². The number of pyridine rings is 1. The van der Waals surface area contributed by atoms with Crippen LogP contribution in [0.4, 0.5) is 27.6 Å². The zero-order valence-electron chi connectivity index (χ0n) is 26.5. The number of aryl methyl sites for hydroxylation is 1. The molecule has 1 aliphatic rings. The molecule has 1 aliphatic heterocycles. The second kappa shape index (κ2) is 14.0. The third-order valence-corrected chi connectivity index (χ3v) is 9.42. The molecule has 1 fully saturated rings. The highest BCUT2D eigenvalue weighted by molar-refractivity contribution is 7.92. The monoisotopic (exact) mass is 715 g/mol. The predicted octanol–water partition coefficient (Wildman–Crippen LogP) is 6.34. The van der Waals surface area contributed by atoms with Gasteiger partial charge >= 0.3 is 6.18 Å². The molecular weight excluding hydrogens is 685 g/mol. The molecule has 0 bridgehead atoms. The fraction of sp³-hybridized carbons (Fsp3) is 0.235. The third kappa shape index (κ3) is 8.14. The average Bonchev–Trinajstić information content (AvgIpc) is 3.41. The molecule has 0 spiro atoms.